The van der Waals surface area contributed by atoms with E-state index >= 15 is 0 Å². The SMILES string of the molecule is CCC(O)(C#CC=C(C)c1cccc(OCc2ccc(CO)c(CO)c2)c1)CC. The van der Waals surface area contributed by atoms with Crippen LogP contribution in [0.3, 0.4) is 0 Å². The van der Waals surface area contributed by atoms with Crippen LogP contribution in [0.5, 0.6) is 5.75 Å². The van der Waals surface area contributed by atoms with Gasteiger partial charge >= 0.3 is 0 Å². The summed E-state index contributed by atoms with van der Waals surface area (Å²) in [5, 5.41) is 29.0. The zero-order valence-electron chi connectivity index (χ0n) is 17.4. The summed E-state index contributed by atoms with van der Waals surface area (Å²) in [6, 6.07) is 13.3. The van der Waals surface area contributed by atoms with Crippen molar-refractivity contribution in [3.8, 4) is 17.6 Å². The van der Waals surface area contributed by atoms with Gasteiger partial charge in [-0.15, -0.1) is 0 Å². The van der Waals surface area contributed by atoms with Crippen LogP contribution < -0.4 is 4.74 Å². The quantitative estimate of drug-likeness (QED) is 0.587. The third-order valence-electron chi connectivity index (χ3n) is 5.07. The summed E-state index contributed by atoms with van der Waals surface area (Å²) in [6.07, 6.45) is 3.02. The number of aliphatic hydroxyl groups is 3. The van der Waals surface area contributed by atoms with Gasteiger partial charge in [0, 0.05) is 0 Å². The summed E-state index contributed by atoms with van der Waals surface area (Å²) in [5.41, 5.74) is 3.42. The van der Waals surface area contributed by atoms with E-state index in [9.17, 15) is 15.3 Å². The predicted molar refractivity (Wildman–Crippen MR) is 116 cm³/mol. The number of rotatable bonds is 8. The Balaban J connectivity index is 2.10. The Kier molecular flexibility index (Phi) is 8.48. The van der Waals surface area contributed by atoms with E-state index in [4.69, 9.17) is 4.74 Å². The van der Waals surface area contributed by atoms with Crippen LogP contribution >= 0.6 is 0 Å². The van der Waals surface area contributed by atoms with Gasteiger partial charge < -0.3 is 20.1 Å². The smallest absolute Gasteiger partial charge is 0.125 e. The Hall–Kier alpha value is -2.58. The number of ether oxygens (including phenoxy) is 1. The third-order valence-corrected chi connectivity index (χ3v) is 5.07. The van der Waals surface area contributed by atoms with E-state index in [0.29, 0.717) is 25.0 Å². The van der Waals surface area contributed by atoms with Crippen molar-refractivity contribution in [2.24, 2.45) is 0 Å². The maximum absolute atomic E-state index is 10.3. The lowest BCUT2D eigenvalue weighted by Gasteiger charge is -2.16. The average molecular weight is 395 g/mol. The predicted octanol–water partition coefficient (Wildman–Crippen LogP) is 4.21. The van der Waals surface area contributed by atoms with E-state index in [1.165, 1.54) is 0 Å². The largest absolute Gasteiger partial charge is 0.489 e. The molecule has 0 spiro atoms. The highest BCUT2D eigenvalue weighted by atomic mass is 16.5. The highest BCUT2D eigenvalue weighted by Crippen LogP contribution is 2.22. The summed E-state index contributed by atoms with van der Waals surface area (Å²) in [5.74, 6) is 6.65. The fourth-order valence-electron chi connectivity index (χ4n) is 2.86. The van der Waals surface area contributed by atoms with Gasteiger partial charge in [-0.25, -0.2) is 0 Å². The Bertz CT molecular complexity index is 899. The van der Waals surface area contributed by atoms with Crippen LogP contribution in [-0.2, 0) is 19.8 Å². The minimum atomic E-state index is -0.930. The highest BCUT2D eigenvalue weighted by Gasteiger charge is 2.17. The molecule has 0 amide bonds. The third kappa shape index (κ3) is 6.47. The maximum Gasteiger partial charge on any atom is 0.125 e. The van der Waals surface area contributed by atoms with Crippen LogP contribution in [0.4, 0.5) is 0 Å². The molecule has 0 saturated heterocycles. The molecule has 0 heterocycles. The Morgan fingerprint density at radius 1 is 1.03 bits per heavy atom. The molecular weight excluding hydrogens is 364 g/mol. The first-order chi connectivity index (χ1) is 13.9. The second kappa shape index (κ2) is 10.8. The van der Waals surface area contributed by atoms with Crippen molar-refractivity contribution < 1.29 is 20.1 Å². The molecule has 0 atom stereocenters. The second-order valence-corrected chi connectivity index (χ2v) is 7.07. The number of hydrogen-bond acceptors (Lipinski definition) is 4. The van der Waals surface area contributed by atoms with Crippen molar-refractivity contribution in [3.63, 3.8) is 0 Å². The van der Waals surface area contributed by atoms with Gasteiger partial charge in [-0.1, -0.05) is 50.0 Å². The van der Waals surface area contributed by atoms with Gasteiger partial charge in [-0.2, -0.15) is 0 Å². The fraction of sp³-hybridized carbons (Fsp3) is 0.360. The average Bonchev–Trinajstić information content (AvgIpc) is 2.77. The molecule has 4 nitrogen and oxygen atoms in total. The Labute approximate surface area is 173 Å². The van der Waals surface area contributed by atoms with Crippen molar-refractivity contribution in [2.75, 3.05) is 0 Å². The van der Waals surface area contributed by atoms with E-state index in [0.717, 1.165) is 28.0 Å². The topological polar surface area (TPSA) is 69.9 Å². The van der Waals surface area contributed by atoms with Crippen LogP contribution in [0, 0.1) is 11.8 Å². The number of allylic oxidation sites excluding steroid dienone is 2. The van der Waals surface area contributed by atoms with Crippen LogP contribution in [0.1, 0.15) is 55.9 Å². The second-order valence-electron chi connectivity index (χ2n) is 7.07. The van der Waals surface area contributed by atoms with Crippen molar-refractivity contribution in [1.29, 1.82) is 0 Å². The molecule has 0 fully saturated rings. The van der Waals surface area contributed by atoms with Gasteiger partial charge in [0.05, 0.1) is 13.2 Å². The normalized spacial score (nSPS) is 11.7. The zero-order valence-corrected chi connectivity index (χ0v) is 17.4. The van der Waals surface area contributed by atoms with E-state index in [1.807, 2.05) is 63.2 Å². The monoisotopic (exact) mass is 394 g/mol. The van der Waals surface area contributed by atoms with Gasteiger partial charge in [-0.3, -0.25) is 0 Å². The lowest BCUT2D eigenvalue weighted by Crippen LogP contribution is -2.23. The fourth-order valence-corrected chi connectivity index (χ4v) is 2.86. The highest BCUT2D eigenvalue weighted by molar-refractivity contribution is 5.67. The molecular formula is C25H30O4. The van der Waals surface area contributed by atoms with Gasteiger partial charge in [-0.05, 0) is 71.9 Å². The van der Waals surface area contributed by atoms with Gasteiger partial charge in [0.1, 0.15) is 18.0 Å². The van der Waals surface area contributed by atoms with E-state index in [-0.39, 0.29) is 13.2 Å². The van der Waals surface area contributed by atoms with Crippen LogP contribution in [0.2, 0.25) is 0 Å². The summed E-state index contributed by atoms with van der Waals surface area (Å²) in [4.78, 5) is 0. The number of aliphatic hydroxyl groups excluding tert-OH is 2. The van der Waals surface area contributed by atoms with Crippen molar-refractivity contribution in [1.82, 2.24) is 0 Å². The molecule has 2 aromatic carbocycles. The van der Waals surface area contributed by atoms with Crippen molar-refractivity contribution in [2.45, 2.75) is 59.0 Å². The first-order valence-electron chi connectivity index (χ1n) is 9.92. The summed E-state index contributed by atoms with van der Waals surface area (Å²) >= 11 is 0. The molecule has 4 heteroatoms. The molecule has 29 heavy (non-hydrogen) atoms. The van der Waals surface area contributed by atoms with Crippen LogP contribution in [0.25, 0.3) is 5.57 Å². The molecule has 3 N–H and O–H groups in total. The van der Waals surface area contributed by atoms with Crippen LogP contribution in [0.15, 0.2) is 48.5 Å². The van der Waals surface area contributed by atoms with Crippen molar-refractivity contribution >= 4 is 5.57 Å². The molecule has 154 valence electrons. The molecule has 0 aliphatic rings. The summed E-state index contributed by atoms with van der Waals surface area (Å²) in [6.45, 7) is 5.99. The zero-order chi connectivity index (χ0) is 21.3. The molecule has 0 aliphatic carbocycles. The van der Waals surface area contributed by atoms with E-state index < -0.39 is 5.60 Å². The molecule has 0 saturated carbocycles. The minimum absolute atomic E-state index is 0.0957. The summed E-state index contributed by atoms with van der Waals surface area (Å²) in [7, 11) is 0. The van der Waals surface area contributed by atoms with Gasteiger partial charge in [0.15, 0.2) is 0 Å². The first-order valence-corrected chi connectivity index (χ1v) is 9.92. The van der Waals surface area contributed by atoms with E-state index in [1.54, 1.807) is 6.07 Å². The molecule has 0 aliphatic heterocycles. The molecule has 2 aromatic rings. The first kappa shape index (κ1) is 22.7. The summed E-state index contributed by atoms with van der Waals surface area (Å²) < 4.78 is 5.90. The lowest BCUT2D eigenvalue weighted by molar-refractivity contribution is 0.0931. The van der Waals surface area contributed by atoms with Crippen molar-refractivity contribution in [3.05, 3.63) is 70.8 Å². The molecule has 0 radical (unpaired) electrons. The van der Waals surface area contributed by atoms with Gasteiger partial charge in [0.2, 0.25) is 0 Å². The number of benzene rings is 2. The molecule has 0 aromatic heterocycles. The molecule has 0 unspecified atom stereocenters. The van der Waals surface area contributed by atoms with Gasteiger partial charge in [0.25, 0.3) is 0 Å². The lowest BCUT2D eigenvalue weighted by atomic mass is 9.98. The Morgan fingerprint density at radius 3 is 2.41 bits per heavy atom. The minimum Gasteiger partial charge on any atom is -0.489 e. The van der Waals surface area contributed by atoms with Crippen LogP contribution in [-0.4, -0.2) is 20.9 Å². The van der Waals surface area contributed by atoms with E-state index in [2.05, 4.69) is 11.8 Å². The maximum atomic E-state index is 10.3. The Morgan fingerprint density at radius 2 is 1.76 bits per heavy atom. The standard InChI is InChI=1S/C25H30O4/c1-4-25(28,5-2)13-7-8-19(3)21-9-6-10-24(15-21)29-18-20-11-12-22(16-26)23(14-20)17-27/h6,8-12,14-15,26-28H,4-5,16-18H2,1-3H3. The molecule has 0 bridgehead atoms. The number of hydrogen-bond donors (Lipinski definition) is 3. The molecule has 2 rings (SSSR count).